The Hall–Kier alpha value is -3.22. The molecule has 0 saturated carbocycles. The van der Waals surface area contributed by atoms with E-state index in [1.54, 1.807) is 17.1 Å². The molecule has 7 heteroatoms. The Morgan fingerprint density at radius 1 is 1.19 bits per heavy atom. The molecule has 26 heavy (non-hydrogen) atoms. The molecule has 0 spiro atoms. The normalized spacial score (nSPS) is 13.2. The van der Waals surface area contributed by atoms with Crippen molar-refractivity contribution in [2.45, 2.75) is 20.3 Å². The molecule has 1 amide bonds. The summed E-state index contributed by atoms with van der Waals surface area (Å²) in [4.78, 5) is 22.8. The number of aryl methyl sites for hydroxylation is 2. The van der Waals surface area contributed by atoms with Gasteiger partial charge in [0, 0.05) is 24.5 Å². The zero-order valence-electron chi connectivity index (χ0n) is 14.8. The first-order valence-electron chi connectivity index (χ1n) is 8.59. The molecule has 3 heterocycles. The minimum atomic E-state index is 0.135. The molecule has 1 aliphatic rings. The lowest BCUT2D eigenvalue weighted by Crippen LogP contribution is -2.31. The van der Waals surface area contributed by atoms with Crippen molar-refractivity contribution in [2.75, 3.05) is 23.3 Å². The van der Waals surface area contributed by atoms with Gasteiger partial charge in [-0.2, -0.15) is 5.10 Å². The second-order valence-corrected chi connectivity index (χ2v) is 6.38. The lowest BCUT2D eigenvalue weighted by Gasteiger charge is -2.18. The Bertz CT molecular complexity index is 964. The van der Waals surface area contributed by atoms with Crippen LogP contribution in [0.4, 0.5) is 11.5 Å². The van der Waals surface area contributed by atoms with Crippen molar-refractivity contribution in [3.63, 3.8) is 0 Å². The van der Waals surface area contributed by atoms with Crippen LogP contribution < -0.4 is 10.2 Å². The fraction of sp³-hybridized carbons (Fsp3) is 0.263. The first-order valence-corrected chi connectivity index (χ1v) is 8.59. The number of carbonyl (C=O) groups is 1. The minimum absolute atomic E-state index is 0.135. The fourth-order valence-corrected chi connectivity index (χ4v) is 3.26. The van der Waals surface area contributed by atoms with Crippen LogP contribution in [0.1, 0.15) is 17.0 Å². The molecule has 4 rings (SSSR count). The third-order valence-electron chi connectivity index (χ3n) is 4.42. The maximum Gasteiger partial charge on any atom is 0.231 e. The first-order chi connectivity index (χ1) is 12.6. The molecule has 2 aromatic heterocycles. The number of para-hydroxylation sites is 1. The van der Waals surface area contributed by atoms with Gasteiger partial charge in [0.15, 0.2) is 5.82 Å². The van der Waals surface area contributed by atoms with Gasteiger partial charge in [-0.05, 0) is 31.5 Å². The predicted octanol–water partition coefficient (Wildman–Crippen LogP) is 2.28. The van der Waals surface area contributed by atoms with E-state index in [9.17, 15) is 4.79 Å². The molecule has 1 N–H and O–H groups in total. The topological polar surface area (TPSA) is 75.9 Å². The third-order valence-corrected chi connectivity index (χ3v) is 4.42. The summed E-state index contributed by atoms with van der Waals surface area (Å²) >= 11 is 0. The molecule has 0 fully saturated rings. The van der Waals surface area contributed by atoms with Crippen LogP contribution >= 0.6 is 0 Å². The average Bonchev–Trinajstić information content (AvgIpc) is 3.14. The smallest absolute Gasteiger partial charge is 0.231 e. The Morgan fingerprint density at radius 3 is 2.85 bits per heavy atom. The van der Waals surface area contributed by atoms with Crippen LogP contribution in [-0.2, 0) is 11.2 Å². The number of aromatic nitrogens is 4. The number of anilines is 2. The molecular weight excluding hydrogens is 328 g/mol. The zero-order valence-corrected chi connectivity index (χ0v) is 14.8. The van der Waals surface area contributed by atoms with Crippen molar-refractivity contribution in [3.05, 3.63) is 59.7 Å². The molecule has 0 saturated heterocycles. The molecule has 3 aromatic rings. The van der Waals surface area contributed by atoms with Crippen LogP contribution in [0.5, 0.6) is 0 Å². The summed E-state index contributed by atoms with van der Waals surface area (Å²) in [6, 6.07) is 9.92. The van der Waals surface area contributed by atoms with Gasteiger partial charge >= 0.3 is 0 Å². The number of amides is 1. The van der Waals surface area contributed by atoms with E-state index in [0.717, 1.165) is 22.6 Å². The summed E-state index contributed by atoms with van der Waals surface area (Å²) in [7, 11) is 0. The molecule has 132 valence electrons. The number of fused-ring (bicyclic) bond motifs is 1. The minimum Gasteiger partial charge on any atom is -0.367 e. The van der Waals surface area contributed by atoms with Crippen LogP contribution in [0.15, 0.2) is 42.7 Å². The molecule has 0 bridgehead atoms. The summed E-state index contributed by atoms with van der Waals surface area (Å²) in [5.74, 6) is 1.47. The van der Waals surface area contributed by atoms with Crippen molar-refractivity contribution < 1.29 is 4.79 Å². The summed E-state index contributed by atoms with van der Waals surface area (Å²) < 4.78 is 1.77. The highest BCUT2D eigenvalue weighted by atomic mass is 16.2. The van der Waals surface area contributed by atoms with Gasteiger partial charge in [-0.15, -0.1) is 0 Å². The average molecular weight is 348 g/mol. The summed E-state index contributed by atoms with van der Waals surface area (Å²) in [5.41, 5.74) is 4.03. The molecule has 0 unspecified atom stereocenters. The Balaban J connectivity index is 1.44. The summed E-state index contributed by atoms with van der Waals surface area (Å²) in [6.45, 7) is 5.11. The first kappa shape index (κ1) is 16.3. The molecule has 1 aromatic carbocycles. The summed E-state index contributed by atoms with van der Waals surface area (Å²) in [6.07, 6.45) is 3.84. The van der Waals surface area contributed by atoms with Crippen molar-refractivity contribution in [1.82, 2.24) is 19.7 Å². The second-order valence-electron chi connectivity index (χ2n) is 6.38. The Kier molecular flexibility index (Phi) is 4.12. The highest BCUT2D eigenvalue weighted by molar-refractivity contribution is 6.01. The zero-order chi connectivity index (χ0) is 18.1. The SMILES string of the molecule is Cc1cc(C)n(-c2cncc(NCCN3C(=O)Cc4ccccc43)n2)n1. The van der Waals surface area contributed by atoms with E-state index in [-0.39, 0.29) is 5.91 Å². The highest BCUT2D eigenvalue weighted by Crippen LogP contribution is 2.27. The fourth-order valence-electron chi connectivity index (χ4n) is 3.26. The van der Waals surface area contributed by atoms with Gasteiger partial charge in [-0.25, -0.2) is 9.67 Å². The van der Waals surface area contributed by atoms with E-state index >= 15 is 0 Å². The number of rotatable bonds is 5. The van der Waals surface area contributed by atoms with E-state index < -0.39 is 0 Å². The van der Waals surface area contributed by atoms with Gasteiger partial charge in [0.1, 0.15) is 5.82 Å². The predicted molar refractivity (Wildman–Crippen MR) is 99.6 cm³/mol. The largest absolute Gasteiger partial charge is 0.367 e. The monoisotopic (exact) mass is 348 g/mol. The number of hydrogen-bond acceptors (Lipinski definition) is 5. The van der Waals surface area contributed by atoms with E-state index in [4.69, 9.17) is 0 Å². The van der Waals surface area contributed by atoms with E-state index in [1.807, 2.05) is 49.1 Å². The van der Waals surface area contributed by atoms with Gasteiger partial charge in [0.05, 0.1) is 24.5 Å². The Morgan fingerprint density at radius 2 is 2.04 bits per heavy atom. The maximum atomic E-state index is 12.2. The molecule has 0 radical (unpaired) electrons. The Labute approximate surface area is 151 Å². The lowest BCUT2D eigenvalue weighted by molar-refractivity contribution is -0.117. The van der Waals surface area contributed by atoms with Gasteiger partial charge in [-0.1, -0.05) is 18.2 Å². The summed E-state index contributed by atoms with van der Waals surface area (Å²) in [5, 5.41) is 7.68. The standard InChI is InChI=1S/C19H20N6O/c1-13-9-14(2)25(23-13)18-12-20-11-17(22-18)21-7-8-24-16-6-4-3-5-15(16)10-19(24)26/h3-6,9,11-12H,7-8,10H2,1-2H3,(H,21,22). The number of carbonyl (C=O) groups excluding carboxylic acids is 1. The van der Waals surface area contributed by atoms with Crippen molar-refractivity contribution >= 4 is 17.4 Å². The van der Waals surface area contributed by atoms with Crippen LogP contribution in [0.3, 0.4) is 0 Å². The van der Waals surface area contributed by atoms with Crippen molar-refractivity contribution in [1.29, 1.82) is 0 Å². The molecular formula is C19H20N6O. The number of nitrogens with zero attached hydrogens (tertiary/aromatic N) is 5. The third kappa shape index (κ3) is 3.03. The van der Waals surface area contributed by atoms with E-state index in [0.29, 0.717) is 31.1 Å². The molecule has 0 atom stereocenters. The molecule has 1 aliphatic heterocycles. The van der Waals surface area contributed by atoms with Gasteiger partial charge in [-0.3, -0.25) is 9.78 Å². The quantitative estimate of drug-likeness (QED) is 0.765. The van der Waals surface area contributed by atoms with Gasteiger partial charge < -0.3 is 10.2 Å². The van der Waals surface area contributed by atoms with Gasteiger partial charge in [0.25, 0.3) is 0 Å². The van der Waals surface area contributed by atoms with Crippen molar-refractivity contribution in [2.24, 2.45) is 0 Å². The lowest BCUT2D eigenvalue weighted by atomic mass is 10.2. The van der Waals surface area contributed by atoms with E-state index in [1.165, 1.54) is 0 Å². The van der Waals surface area contributed by atoms with E-state index in [2.05, 4.69) is 20.4 Å². The highest BCUT2D eigenvalue weighted by Gasteiger charge is 2.25. The number of benzene rings is 1. The van der Waals surface area contributed by atoms with Gasteiger partial charge in [0.2, 0.25) is 5.91 Å². The van der Waals surface area contributed by atoms with Crippen LogP contribution in [0.25, 0.3) is 5.82 Å². The van der Waals surface area contributed by atoms with Crippen molar-refractivity contribution in [3.8, 4) is 5.82 Å². The molecule has 7 nitrogen and oxygen atoms in total. The number of hydrogen-bond donors (Lipinski definition) is 1. The second kappa shape index (κ2) is 6.59. The number of nitrogens with one attached hydrogen (secondary N) is 1. The molecule has 0 aliphatic carbocycles. The van der Waals surface area contributed by atoms with Crippen LogP contribution in [0, 0.1) is 13.8 Å². The maximum absolute atomic E-state index is 12.2. The van der Waals surface area contributed by atoms with Crippen LogP contribution in [0.2, 0.25) is 0 Å². The van der Waals surface area contributed by atoms with Crippen LogP contribution in [-0.4, -0.2) is 38.7 Å².